The van der Waals surface area contributed by atoms with Crippen LogP contribution in [0.1, 0.15) is 75.2 Å². The number of ether oxygens (including phenoxy) is 3. The predicted octanol–water partition coefficient (Wildman–Crippen LogP) is 3.41. The van der Waals surface area contributed by atoms with Gasteiger partial charge in [-0.25, -0.2) is 0 Å². The minimum Gasteiger partial charge on any atom is -0.463 e. The molecule has 1 aliphatic rings. The molecule has 0 aromatic rings. The lowest BCUT2D eigenvalue weighted by Gasteiger charge is -2.17. The first-order valence-electron chi connectivity index (χ1n) is 7.73. The van der Waals surface area contributed by atoms with Crippen LogP contribution in [0.25, 0.3) is 0 Å². The van der Waals surface area contributed by atoms with E-state index in [9.17, 15) is 14.4 Å². The largest absolute Gasteiger partial charge is 0.463 e. The third kappa shape index (κ3) is 22.8. The maximum absolute atomic E-state index is 10.3. The van der Waals surface area contributed by atoms with Crippen LogP contribution >= 0.6 is 0 Å². The second-order valence-corrected chi connectivity index (χ2v) is 6.91. The summed E-state index contributed by atoms with van der Waals surface area (Å²) in [5, 5.41) is 0. The minimum absolute atomic E-state index is 0.0255. The van der Waals surface area contributed by atoms with Gasteiger partial charge >= 0.3 is 17.9 Å². The Morgan fingerprint density at radius 2 is 1.35 bits per heavy atom. The zero-order valence-corrected chi connectivity index (χ0v) is 15.9. The molecule has 0 saturated heterocycles. The first kappa shape index (κ1) is 23.7. The van der Waals surface area contributed by atoms with Crippen molar-refractivity contribution in [3.63, 3.8) is 0 Å². The number of rotatable bonds is 2. The normalized spacial score (nSPS) is 14.3. The fourth-order valence-electron chi connectivity index (χ4n) is 1.39. The summed E-state index contributed by atoms with van der Waals surface area (Å²) < 4.78 is 14.3. The highest BCUT2D eigenvalue weighted by atomic mass is 16.6. The lowest BCUT2D eigenvalue weighted by atomic mass is 10.2. The topological polar surface area (TPSA) is 78.9 Å². The Hall–Kier alpha value is -1.59. The van der Waals surface area contributed by atoms with Crippen LogP contribution in [0, 0.1) is 0 Å². The number of carbonyl (C=O) groups excluding carboxylic acids is 3. The van der Waals surface area contributed by atoms with Gasteiger partial charge in [-0.05, 0) is 54.4 Å². The van der Waals surface area contributed by atoms with Gasteiger partial charge < -0.3 is 14.2 Å². The van der Waals surface area contributed by atoms with E-state index in [1.807, 2.05) is 41.5 Å². The van der Waals surface area contributed by atoms with Crippen molar-refractivity contribution >= 4 is 17.9 Å². The third-order valence-corrected chi connectivity index (χ3v) is 2.20. The van der Waals surface area contributed by atoms with Crippen LogP contribution in [0.15, 0.2) is 0 Å². The van der Waals surface area contributed by atoms with Crippen LogP contribution in [0.5, 0.6) is 0 Å². The van der Waals surface area contributed by atoms with Crippen LogP contribution in [0.2, 0.25) is 0 Å². The van der Waals surface area contributed by atoms with Crippen LogP contribution in [0.4, 0.5) is 0 Å². The average molecular weight is 332 g/mol. The van der Waals surface area contributed by atoms with Gasteiger partial charge in [0.25, 0.3) is 0 Å². The first-order valence-corrected chi connectivity index (χ1v) is 7.73. The number of carbonyl (C=O) groups is 3. The van der Waals surface area contributed by atoms with Crippen molar-refractivity contribution in [2.45, 2.75) is 92.5 Å². The van der Waals surface area contributed by atoms with E-state index in [0.717, 1.165) is 12.8 Å². The Balaban J connectivity index is 0. The van der Waals surface area contributed by atoms with Crippen molar-refractivity contribution in [2.24, 2.45) is 0 Å². The quantitative estimate of drug-likeness (QED) is 0.569. The summed E-state index contributed by atoms with van der Waals surface area (Å²) >= 11 is 0. The molecule has 0 amide bonds. The van der Waals surface area contributed by atoms with Gasteiger partial charge in [-0.1, -0.05) is 0 Å². The molecule has 0 atom stereocenters. The summed E-state index contributed by atoms with van der Waals surface area (Å²) in [6.45, 7) is 15.4. The predicted molar refractivity (Wildman–Crippen MR) is 87.8 cm³/mol. The van der Waals surface area contributed by atoms with Crippen LogP contribution < -0.4 is 0 Å². The minimum atomic E-state index is -0.328. The summed E-state index contributed by atoms with van der Waals surface area (Å²) in [5.41, 5.74) is -0.405. The second kappa shape index (κ2) is 10.2. The molecule has 0 radical (unpaired) electrons. The van der Waals surface area contributed by atoms with Crippen molar-refractivity contribution < 1.29 is 28.6 Å². The van der Waals surface area contributed by atoms with E-state index in [1.54, 1.807) is 0 Å². The molecule has 23 heavy (non-hydrogen) atoms. The molecule has 1 aliphatic carbocycles. The first-order chi connectivity index (χ1) is 10.2. The molecule has 0 N–H and O–H groups in total. The van der Waals surface area contributed by atoms with Gasteiger partial charge in [0.1, 0.15) is 11.2 Å². The maximum atomic E-state index is 10.3. The molecule has 0 heterocycles. The fourth-order valence-corrected chi connectivity index (χ4v) is 1.39. The lowest BCUT2D eigenvalue weighted by molar-refractivity contribution is -0.152. The van der Waals surface area contributed by atoms with E-state index in [1.165, 1.54) is 20.8 Å². The second-order valence-electron chi connectivity index (χ2n) is 6.91. The van der Waals surface area contributed by atoms with Gasteiger partial charge in [0.2, 0.25) is 0 Å². The zero-order valence-electron chi connectivity index (χ0n) is 15.9. The van der Waals surface area contributed by atoms with Gasteiger partial charge in [0.05, 0.1) is 6.10 Å². The van der Waals surface area contributed by atoms with Crippen molar-refractivity contribution in [3.05, 3.63) is 0 Å². The van der Waals surface area contributed by atoms with Gasteiger partial charge in [-0.15, -0.1) is 0 Å². The monoisotopic (exact) mass is 332 g/mol. The third-order valence-electron chi connectivity index (χ3n) is 2.20. The molecule has 1 saturated carbocycles. The maximum Gasteiger partial charge on any atom is 0.303 e. The Kier molecular flexibility index (Phi) is 10.5. The van der Waals surface area contributed by atoms with Gasteiger partial charge in [-0.3, -0.25) is 14.4 Å². The number of hydrogen-bond donors (Lipinski definition) is 0. The molecule has 0 aromatic carbocycles. The van der Waals surface area contributed by atoms with Crippen LogP contribution in [-0.4, -0.2) is 35.2 Å². The van der Waals surface area contributed by atoms with Crippen LogP contribution in [0.3, 0.4) is 0 Å². The van der Waals surface area contributed by atoms with E-state index in [-0.39, 0.29) is 35.2 Å². The molecule has 1 rings (SSSR count). The summed E-state index contributed by atoms with van der Waals surface area (Å²) in [7, 11) is 0. The molecule has 1 fully saturated rings. The Bertz CT molecular complexity index is 371. The van der Waals surface area contributed by atoms with Gasteiger partial charge in [0.15, 0.2) is 0 Å². The molecule has 0 unspecified atom stereocenters. The van der Waals surface area contributed by atoms with E-state index >= 15 is 0 Å². The Morgan fingerprint density at radius 3 is 1.39 bits per heavy atom. The van der Waals surface area contributed by atoms with Crippen molar-refractivity contribution in [1.82, 2.24) is 0 Å². The molecular formula is C17H32O6. The summed E-state index contributed by atoms with van der Waals surface area (Å²) in [5.74, 6) is -0.600. The Labute approximate surface area is 139 Å². The van der Waals surface area contributed by atoms with Gasteiger partial charge in [-0.2, -0.15) is 0 Å². The molecule has 0 bridgehead atoms. The summed E-state index contributed by atoms with van der Waals surface area (Å²) in [6, 6.07) is 0. The molecule has 0 aromatic heterocycles. The molecule has 136 valence electrons. The fraction of sp³-hybridized carbons (Fsp3) is 0.824. The number of esters is 3. The smallest absolute Gasteiger partial charge is 0.303 e. The Morgan fingerprint density at radius 1 is 0.913 bits per heavy atom. The van der Waals surface area contributed by atoms with Crippen molar-refractivity contribution in [3.8, 4) is 0 Å². The highest BCUT2D eigenvalue weighted by Crippen LogP contribution is 2.38. The molecule has 0 aliphatic heterocycles. The van der Waals surface area contributed by atoms with Crippen molar-refractivity contribution in [2.75, 3.05) is 0 Å². The number of hydrogen-bond acceptors (Lipinski definition) is 6. The lowest BCUT2D eigenvalue weighted by Crippen LogP contribution is -2.21. The van der Waals surface area contributed by atoms with E-state index < -0.39 is 0 Å². The van der Waals surface area contributed by atoms with Crippen molar-refractivity contribution in [1.29, 1.82) is 0 Å². The summed E-state index contributed by atoms with van der Waals surface area (Å²) in [4.78, 5) is 30.5. The zero-order chi connectivity index (χ0) is 18.8. The van der Waals surface area contributed by atoms with E-state index in [4.69, 9.17) is 9.47 Å². The molecule has 0 spiro atoms. The molecule has 6 nitrogen and oxygen atoms in total. The highest BCUT2D eigenvalue weighted by Gasteiger charge is 2.40. The average Bonchev–Trinajstić information content (AvgIpc) is 2.89. The summed E-state index contributed by atoms with van der Waals surface area (Å²) in [6.07, 6.45) is 2.09. The van der Waals surface area contributed by atoms with Crippen LogP contribution in [-0.2, 0) is 28.6 Å². The van der Waals surface area contributed by atoms with Gasteiger partial charge in [0, 0.05) is 20.8 Å². The molecule has 6 heteroatoms. The SMILES string of the molecule is CC(=O)OC(C)(C)C.CC(=O)OC(C)C.CC(=O)OC1(C)CC1. The highest BCUT2D eigenvalue weighted by molar-refractivity contribution is 5.67. The van der Waals surface area contributed by atoms with E-state index in [0.29, 0.717) is 0 Å². The molecular weight excluding hydrogens is 300 g/mol. The van der Waals surface area contributed by atoms with E-state index in [2.05, 4.69) is 4.74 Å². The standard InChI is InChI=1S/C6H10O2.C6H12O2.C5H10O2/c1-5(7)8-6(2)3-4-6;1-5(7)8-6(2,3)4;1-4(2)7-5(3)6/h3-4H2,1-2H3;1-4H3;4H,1-3H3.